The van der Waals surface area contributed by atoms with Gasteiger partial charge in [-0.05, 0) is 31.6 Å². The number of unbranched alkanes of at least 4 members (excludes halogenated alkanes) is 62. The van der Waals surface area contributed by atoms with Gasteiger partial charge in [-0.2, -0.15) is 0 Å². The number of hydrogen-bond acceptors (Lipinski definition) is 15. The zero-order valence-corrected chi connectivity index (χ0v) is 73.5. The van der Waals surface area contributed by atoms with E-state index in [9.17, 15) is 43.2 Å². The van der Waals surface area contributed by atoms with Crippen molar-refractivity contribution >= 4 is 39.5 Å². The van der Waals surface area contributed by atoms with Gasteiger partial charge in [0.15, 0.2) is 12.2 Å². The molecule has 0 heterocycles. The van der Waals surface area contributed by atoms with Crippen molar-refractivity contribution in [3.05, 3.63) is 0 Å². The van der Waals surface area contributed by atoms with Gasteiger partial charge in [0.25, 0.3) is 0 Å². The molecule has 0 aliphatic rings. The Labute approximate surface area is 670 Å². The van der Waals surface area contributed by atoms with Crippen LogP contribution < -0.4 is 0 Å². The third-order valence-corrected chi connectivity index (χ3v) is 23.2. The van der Waals surface area contributed by atoms with Crippen LogP contribution in [0, 0.1) is 5.92 Å². The number of carbonyl (C=O) groups is 4. The van der Waals surface area contributed by atoms with Gasteiger partial charge in [-0.15, -0.1) is 0 Å². The van der Waals surface area contributed by atoms with Crippen LogP contribution in [0.2, 0.25) is 0 Å². The van der Waals surface area contributed by atoms with Crippen LogP contribution in [0.1, 0.15) is 490 Å². The van der Waals surface area contributed by atoms with Crippen molar-refractivity contribution in [1.29, 1.82) is 0 Å². The first kappa shape index (κ1) is 107. The molecule has 0 aromatic carbocycles. The summed E-state index contributed by atoms with van der Waals surface area (Å²) in [7, 11) is -9.93. The second kappa shape index (κ2) is 82.6. The molecule has 0 saturated carbocycles. The highest BCUT2D eigenvalue weighted by Gasteiger charge is 2.31. The van der Waals surface area contributed by atoms with E-state index >= 15 is 0 Å². The minimum atomic E-state index is -4.97. The Morgan fingerprint density at radius 3 is 0.624 bits per heavy atom. The summed E-state index contributed by atoms with van der Waals surface area (Å²) in [5.74, 6) is -1.33. The third-order valence-electron chi connectivity index (χ3n) is 21.3. The SMILES string of the molecule is CCCCCCCCCCCCCCCCCCCCCCCCC(=O)O[C@H](COC(=O)CCCCCCCCCCCCCCCCCCCCCC)COP(=O)(O)OC[C@@H](O)COP(=O)(O)OC[C@@H](COC(=O)CCCCCCCCCCCCCCC)OC(=O)CCCCCCCCCCCCCC(C)C. The Bertz CT molecular complexity index is 2070. The predicted octanol–water partition coefficient (Wildman–Crippen LogP) is 27.9. The lowest BCUT2D eigenvalue weighted by Gasteiger charge is -2.21. The molecule has 0 spiro atoms. The molecule has 0 rings (SSSR count). The van der Waals surface area contributed by atoms with Gasteiger partial charge < -0.3 is 33.8 Å². The minimum Gasteiger partial charge on any atom is -0.462 e. The largest absolute Gasteiger partial charge is 0.472 e. The average Bonchev–Trinajstić information content (AvgIpc) is 0.900. The van der Waals surface area contributed by atoms with E-state index < -0.39 is 97.5 Å². The molecule has 0 aromatic heterocycles. The van der Waals surface area contributed by atoms with E-state index in [2.05, 4.69) is 34.6 Å². The normalized spacial score (nSPS) is 13.7. The summed E-state index contributed by atoms with van der Waals surface area (Å²) in [6, 6.07) is 0. The molecular weight excluding hydrogens is 1410 g/mol. The molecule has 19 heteroatoms. The Balaban J connectivity index is 5.23. The van der Waals surface area contributed by atoms with Crippen LogP contribution in [0.25, 0.3) is 0 Å². The fourth-order valence-corrected chi connectivity index (χ4v) is 15.8. The summed E-state index contributed by atoms with van der Waals surface area (Å²) < 4.78 is 69.0. The van der Waals surface area contributed by atoms with Crippen LogP contribution in [-0.4, -0.2) is 96.7 Å². The summed E-state index contributed by atoms with van der Waals surface area (Å²) in [6.07, 6.45) is 77.9. The van der Waals surface area contributed by atoms with E-state index in [1.54, 1.807) is 0 Å². The first-order valence-corrected chi connectivity index (χ1v) is 49.6. The molecule has 109 heavy (non-hydrogen) atoms. The van der Waals surface area contributed by atoms with Gasteiger partial charge >= 0.3 is 39.5 Å². The lowest BCUT2D eigenvalue weighted by molar-refractivity contribution is -0.161. The highest BCUT2D eigenvalue weighted by molar-refractivity contribution is 7.47. The molecule has 0 saturated heterocycles. The smallest absolute Gasteiger partial charge is 0.462 e. The highest BCUT2D eigenvalue weighted by atomic mass is 31.2. The molecule has 0 aliphatic carbocycles. The van der Waals surface area contributed by atoms with Crippen molar-refractivity contribution in [3.8, 4) is 0 Å². The maximum atomic E-state index is 13.2. The fourth-order valence-electron chi connectivity index (χ4n) is 14.2. The summed E-state index contributed by atoms with van der Waals surface area (Å²) in [4.78, 5) is 73.4. The highest BCUT2D eigenvalue weighted by Crippen LogP contribution is 2.45. The van der Waals surface area contributed by atoms with Gasteiger partial charge in [0.05, 0.1) is 26.4 Å². The van der Waals surface area contributed by atoms with E-state index in [0.29, 0.717) is 25.7 Å². The molecule has 5 atom stereocenters. The second-order valence-corrected chi connectivity index (χ2v) is 35.7. The summed E-state index contributed by atoms with van der Waals surface area (Å²) in [6.45, 7) is 7.39. The zero-order chi connectivity index (χ0) is 79.7. The van der Waals surface area contributed by atoms with Crippen LogP contribution >= 0.6 is 15.6 Å². The standard InChI is InChI=1S/C90H176O17P2/c1-6-9-12-15-18-21-24-27-29-31-33-35-36-38-40-42-45-50-55-60-65-70-75-89(94)106-85(79-101-88(93)74-69-64-59-54-49-44-41-39-37-34-32-30-28-25-22-19-16-13-10-7-2)81-104-108(96,97)102-77-84(91)78-103-109(98,99)105-82-86(80-100-87(92)73-68-63-58-53-48-43-26-23-20-17-14-11-8-3)107-90(95)76-71-66-61-56-51-46-47-52-57-62-67-72-83(4)5/h83-86,91H,6-82H2,1-5H3,(H,96,97)(H,98,99)/t84-,85-,86-/m1/s1. The number of aliphatic hydroxyl groups excluding tert-OH is 1. The van der Waals surface area contributed by atoms with Crippen LogP contribution in [0.15, 0.2) is 0 Å². The van der Waals surface area contributed by atoms with Crippen molar-refractivity contribution in [1.82, 2.24) is 0 Å². The average molecular weight is 1590 g/mol. The van der Waals surface area contributed by atoms with Crippen molar-refractivity contribution in [2.45, 2.75) is 509 Å². The zero-order valence-electron chi connectivity index (χ0n) is 71.7. The van der Waals surface area contributed by atoms with Crippen molar-refractivity contribution in [2.24, 2.45) is 5.92 Å². The molecule has 0 bridgehead atoms. The number of rotatable bonds is 90. The Morgan fingerprint density at radius 1 is 0.248 bits per heavy atom. The minimum absolute atomic E-state index is 0.107. The molecule has 2 unspecified atom stereocenters. The van der Waals surface area contributed by atoms with E-state index in [1.807, 2.05) is 0 Å². The van der Waals surface area contributed by atoms with Gasteiger partial charge in [0, 0.05) is 25.7 Å². The van der Waals surface area contributed by atoms with E-state index in [0.717, 1.165) is 95.8 Å². The molecule has 0 amide bonds. The quantitative estimate of drug-likeness (QED) is 0.0222. The molecule has 0 aliphatic heterocycles. The lowest BCUT2D eigenvalue weighted by atomic mass is 10.0. The topological polar surface area (TPSA) is 237 Å². The second-order valence-electron chi connectivity index (χ2n) is 32.8. The van der Waals surface area contributed by atoms with Gasteiger partial charge in [0.2, 0.25) is 0 Å². The Hall–Kier alpha value is -1.94. The lowest BCUT2D eigenvalue weighted by Crippen LogP contribution is -2.30. The van der Waals surface area contributed by atoms with Gasteiger partial charge in [0.1, 0.15) is 19.3 Å². The molecule has 3 N–H and O–H groups in total. The van der Waals surface area contributed by atoms with E-state index in [4.69, 9.17) is 37.0 Å². The van der Waals surface area contributed by atoms with Crippen LogP contribution in [0.5, 0.6) is 0 Å². The molecule has 17 nitrogen and oxygen atoms in total. The number of phosphoric ester groups is 2. The summed E-state index contributed by atoms with van der Waals surface area (Å²) in [5, 5.41) is 10.7. The van der Waals surface area contributed by atoms with Crippen molar-refractivity contribution in [3.63, 3.8) is 0 Å². The monoisotopic (exact) mass is 1590 g/mol. The van der Waals surface area contributed by atoms with E-state index in [-0.39, 0.29) is 25.7 Å². The molecule has 0 aromatic rings. The van der Waals surface area contributed by atoms with Crippen LogP contribution in [0.3, 0.4) is 0 Å². The number of carbonyl (C=O) groups excluding carboxylic acids is 4. The number of esters is 4. The predicted molar refractivity (Wildman–Crippen MR) is 451 cm³/mol. The number of ether oxygens (including phenoxy) is 4. The van der Waals surface area contributed by atoms with Gasteiger partial charge in [-0.3, -0.25) is 37.3 Å². The molecule has 648 valence electrons. The number of aliphatic hydroxyl groups is 1. The van der Waals surface area contributed by atoms with E-state index in [1.165, 1.54) is 315 Å². The Morgan fingerprint density at radius 2 is 0.422 bits per heavy atom. The van der Waals surface area contributed by atoms with Crippen molar-refractivity contribution < 1.29 is 80.2 Å². The first-order chi connectivity index (χ1) is 53.0. The van der Waals surface area contributed by atoms with Gasteiger partial charge in [-0.1, -0.05) is 439 Å². The third kappa shape index (κ3) is 83.8. The van der Waals surface area contributed by atoms with Gasteiger partial charge in [-0.25, -0.2) is 9.13 Å². The number of hydrogen-bond donors (Lipinski definition) is 3. The molecule has 0 radical (unpaired) electrons. The maximum Gasteiger partial charge on any atom is 0.472 e. The summed E-state index contributed by atoms with van der Waals surface area (Å²) in [5.41, 5.74) is 0. The van der Waals surface area contributed by atoms with Crippen molar-refractivity contribution in [2.75, 3.05) is 39.6 Å². The molecular formula is C90H176O17P2. The Kier molecular flexibility index (Phi) is 81.1. The van der Waals surface area contributed by atoms with Crippen LogP contribution in [-0.2, 0) is 65.4 Å². The number of phosphoric acid groups is 2. The van der Waals surface area contributed by atoms with Crippen LogP contribution in [0.4, 0.5) is 0 Å². The molecule has 0 fully saturated rings. The first-order valence-electron chi connectivity index (χ1n) is 46.6. The summed E-state index contributed by atoms with van der Waals surface area (Å²) >= 11 is 0. The maximum absolute atomic E-state index is 13.2. The fraction of sp³-hybridized carbons (Fsp3) is 0.956.